The fourth-order valence-electron chi connectivity index (χ4n) is 3.05. The van der Waals surface area contributed by atoms with E-state index < -0.39 is 0 Å². The van der Waals surface area contributed by atoms with Crippen LogP contribution in [0.1, 0.15) is 42.8 Å². The van der Waals surface area contributed by atoms with Gasteiger partial charge in [0.25, 0.3) is 0 Å². The molecule has 2 aromatic rings. The van der Waals surface area contributed by atoms with E-state index in [0.29, 0.717) is 24.4 Å². The van der Waals surface area contributed by atoms with Gasteiger partial charge in [-0.3, -0.25) is 14.3 Å². The minimum atomic E-state index is -0.243. The Morgan fingerprint density at radius 3 is 2.54 bits per heavy atom. The SMILES string of the molecule is Cc1cc(NC(=O)CNC(=O)CCc2c(C)nn(CC(C)C)c2C)ccc1Br. The Morgan fingerprint density at radius 2 is 1.89 bits per heavy atom. The summed E-state index contributed by atoms with van der Waals surface area (Å²) in [6.45, 7) is 11.1. The molecule has 0 aliphatic carbocycles. The van der Waals surface area contributed by atoms with Crippen molar-refractivity contribution in [2.24, 2.45) is 5.92 Å². The maximum absolute atomic E-state index is 12.2. The number of aryl methyl sites for hydroxylation is 2. The summed E-state index contributed by atoms with van der Waals surface area (Å²) >= 11 is 3.43. The molecule has 2 N–H and O–H groups in total. The fraction of sp³-hybridized carbons (Fsp3) is 0.476. The van der Waals surface area contributed by atoms with Crippen molar-refractivity contribution in [1.29, 1.82) is 0 Å². The second-order valence-corrected chi connectivity index (χ2v) is 8.37. The Morgan fingerprint density at radius 1 is 1.18 bits per heavy atom. The van der Waals surface area contributed by atoms with E-state index in [1.807, 2.05) is 43.7 Å². The number of carbonyl (C=O) groups is 2. The monoisotopic (exact) mass is 448 g/mol. The van der Waals surface area contributed by atoms with Crippen LogP contribution in [0, 0.1) is 26.7 Å². The molecule has 152 valence electrons. The van der Waals surface area contributed by atoms with Crippen LogP contribution in [0.15, 0.2) is 22.7 Å². The van der Waals surface area contributed by atoms with Crippen molar-refractivity contribution in [3.05, 3.63) is 45.2 Å². The van der Waals surface area contributed by atoms with Crippen LogP contribution in [0.25, 0.3) is 0 Å². The van der Waals surface area contributed by atoms with Gasteiger partial charge in [-0.1, -0.05) is 29.8 Å². The first-order valence-corrected chi connectivity index (χ1v) is 10.3. The molecule has 0 radical (unpaired) electrons. The van der Waals surface area contributed by atoms with Gasteiger partial charge in [0.05, 0.1) is 12.2 Å². The molecular weight excluding hydrogens is 420 g/mol. The third kappa shape index (κ3) is 6.19. The van der Waals surface area contributed by atoms with Crippen LogP contribution in [0.4, 0.5) is 5.69 Å². The molecule has 1 aromatic carbocycles. The lowest BCUT2D eigenvalue weighted by Gasteiger charge is -2.09. The van der Waals surface area contributed by atoms with Crippen molar-refractivity contribution < 1.29 is 9.59 Å². The lowest BCUT2D eigenvalue weighted by Crippen LogP contribution is -2.33. The molecule has 7 heteroatoms. The van der Waals surface area contributed by atoms with Gasteiger partial charge < -0.3 is 10.6 Å². The third-order valence-corrected chi connectivity index (χ3v) is 5.45. The van der Waals surface area contributed by atoms with E-state index in [9.17, 15) is 9.59 Å². The van der Waals surface area contributed by atoms with E-state index in [0.717, 1.165) is 33.5 Å². The van der Waals surface area contributed by atoms with Crippen LogP contribution in [0.2, 0.25) is 0 Å². The number of benzene rings is 1. The average molecular weight is 449 g/mol. The van der Waals surface area contributed by atoms with E-state index in [4.69, 9.17) is 0 Å². The van der Waals surface area contributed by atoms with Crippen molar-refractivity contribution in [1.82, 2.24) is 15.1 Å². The Hall–Kier alpha value is -2.15. The first kappa shape index (κ1) is 22.1. The maximum Gasteiger partial charge on any atom is 0.243 e. The number of halogens is 1. The zero-order valence-corrected chi connectivity index (χ0v) is 18.8. The zero-order valence-electron chi connectivity index (χ0n) is 17.2. The summed E-state index contributed by atoms with van der Waals surface area (Å²) in [5, 5.41) is 10.1. The van der Waals surface area contributed by atoms with Gasteiger partial charge in [0.15, 0.2) is 0 Å². The van der Waals surface area contributed by atoms with Crippen molar-refractivity contribution in [2.75, 3.05) is 11.9 Å². The second kappa shape index (κ2) is 9.87. The summed E-state index contributed by atoms with van der Waals surface area (Å²) in [7, 11) is 0. The first-order valence-electron chi connectivity index (χ1n) is 9.53. The first-order chi connectivity index (χ1) is 13.2. The topological polar surface area (TPSA) is 76.0 Å². The van der Waals surface area contributed by atoms with Crippen LogP contribution >= 0.6 is 15.9 Å². The van der Waals surface area contributed by atoms with Crippen LogP contribution in [0.3, 0.4) is 0 Å². The number of carbonyl (C=O) groups excluding carboxylic acids is 2. The third-order valence-electron chi connectivity index (χ3n) is 4.56. The summed E-state index contributed by atoms with van der Waals surface area (Å²) in [5.74, 6) is 0.131. The molecule has 0 spiro atoms. The van der Waals surface area contributed by atoms with Crippen molar-refractivity contribution >= 4 is 33.4 Å². The molecular formula is C21H29BrN4O2. The second-order valence-electron chi connectivity index (χ2n) is 7.51. The number of amides is 2. The number of hydrogen-bond donors (Lipinski definition) is 2. The lowest BCUT2D eigenvalue weighted by molar-refractivity contribution is -0.124. The molecule has 1 aromatic heterocycles. The molecule has 0 fully saturated rings. The summed E-state index contributed by atoms with van der Waals surface area (Å²) in [6.07, 6.45) is 0.953. The van der Waals surface area contributed by atoms with Gasteiger partial charge in [-0.15, -0.1) is 0 Å². The number of nitrogens with one attached hydrogen (secondary N) is 2. The van der Waals surface area contributed by atoms with Gasteiger partial charge in [-0.2, -0.15) is 5.10 Å². The van der Waals surface area contributed by atoms with Crippen molar-refractivity contribution in [3.8, 4) is 0 Å². The zero-order chi connectivity index (χ0) is 20.8. The predicted octanol–water partition coefficient (Wildman–Crippen LogP) is 3.91. The molecule has 1 heterocycles. The molecule has 28 heavy (non-hydrogen) atoms. The summed E-state index contributed by atoms with van der Waals surface area (Å²) < 4.78 is 3.00. The quantitative estimate of drug-likeness (QED) is 0.642. The summed E-state index contributed by atoms with van der Waals surface area (Å²) in [4.78, 5) is 24.2. The van der Waals surface area contributed by atoms with E-state index in [1.165, 1.54) is 0 Å². The molecule has 0 bridgehead atoms. The highest BCUT2D eigenvalue weighted by Crippen LogP contribution is 2.20. The maximum atomic E-state index is 12.2. The minimum absolute atomic E-state index is 0.0431. The van der Waals surface area contributed by atoms with Crippen LogP contribution in [0.5, 0.6) is 0 Å². The molecule has 0 aliphatic heterocycles. The lowest BCUT2D eigenvalue weighted by atomic mass is 10.1. The molecule has 0 saturated carbocycles. The Labute approximate surface area is 175 Å². The van der Waals surface area contributed by atoms with Crippen molar-refractivity contribution in [3.63, 3.8) is 0 Å². The van der Waals surface area contributed by atoms with Crippen LogP contribution in [-0.2, 0) is 22.6 Å². The molecule has 0 unspecified atom stereocenters. The molecule has 2 amide bonds. The Kier molecular flexibility index (Phi) is 7.80. The number of rotatable bonds is 8. The van der Waals surface area contributed by atoms with Gasteiger partial charge in [-0.25, -0.2) is 0 Å². The standard InChI is InChI=1S/C21H29BrN4O2/c1-13(2)12-26-16(5)18(15(4)25-26)7-9-20(27)23-11-21(28)24-17-6-8-19(22)14(3)10-17/h6,8,10,13H,7,9,11-12H2,1-5H3,(H,23,27)(H,24,28). The van der Waals surface area contributed by atoms with Gasteiger partial charge >= 0.3 is 0 Å². The Balaban J connectivity index is 1.82. The van der Waals surface area contributed by atoms with Gasteiger partial charge in [-0.05, 0) is 62.4 Å². The molecule has 6 nitrogen and oxygen atoms in total. The van der Waals surface area contributed by atoms with Gasteiger partial charge in [0.2, 0.25) is 11.8 Å². The van der Waals surface area contributed by atoms with E-state index in [2.05, 4.69) is 45.5 Å². The van der Waals surface area contributed by atoms with Crippen LogP contribution < -0.4 is 10.6 Å². The summed E-state index contributed by atoms with van der Waals surface area (Å²) in [5.41, 5.74) is 4.94. The number of aromatic nitrogens is 2. The number of hydrogen-bond acceptors (Lipinski definition) is 3. The van der Waals surface area contributed by atoms with Crippen molar-refractivity contribution in [2.45, 2.75) is 54.0 Å². The highest BCUT2D eigenvalue weighted by Gasteiger charge is 2.14. The van der Waals surface area contributed by atoms with Crippen LogP contribution in [-0.4, -0.2) is 28.1 Å². The summed E-state index contributed by atoms with van der Waals surface area (Å²) in [6, 6.07) is 5.58. The highest BCUT2D eigenvalue weighted by molar-refractivity contribution is 9.10. The fourth-order valence-corrected chi connectivity index (χ4v) is 3.30. The van der Waals surface area contributed by atoms with E-state index in [1.54, 1.807) is 0 Å². The van der Waals surface area contributed by atoms with Gasteiger partial charge in [0.1, 0.15) is 0 Å². The smallest absolute Gasteiger partial charge is 0.243 e. The van der Waals surface area contributed by atoms with E-state index >= 15 is 0 Å². The largest absolute Gasteiger partial charge is 0.347 e. The van der Waals surface area contributed by atoms with E-state index in [-0.39, 0.29) is 18.4 Å². The minimum Gasteiger partial charge on any atom is -0.347 e. The number of nitrogens with zero attached hydrogens (tertiary/aromatic N) is 2. The molecule has 0 atom stereocenters. The number of anilines is 1. The highest BCUT2D eigenvalue weighted by atomic mass is 79.9. The van der Waals surface area contributed by atoms with Gasteiger partial charge in [0, 0.05) is 28.8 Å². The average Bonchev–Trinajstić information content (AvgIpc) is 2.87. The molecule has 0 aliphatic rings. The normalized spacial score (nSPS) is 11.0. The Bertz CT molecular complexity index is 858. The molecule has 2 rings (SSSR count). The predicted molar refractivity (Wildman–Crippen MR) is 115 cm³/mol. The molecule has 0 saturated heterocycles.